The van der Waals surface area contributed by atoms with Gasteiger partial charge in [0.05, 0.1) is 5.69 Å². The molecule has 5 nitrogen and oxygen atoms in total. The first-order valence-corrected chi connectivity index (χ1v) is 9.10. The van der Waals surface area contributed by atoms with E-state index in [2.05, 4.69) is 22.1 Å². The number of hydrogen-bond donors (Lipinski definition) is 0. The van der Waals surface area contributed by atoms with Crippen LogP contribution in [-0.2, 0) is 11.3 Å². The first-order valence-electron chi connectivity index (χ1n) is 8.72. The second-order valence-electron chi connectivity index (χ2n) is 6.78. The fourth-order valence-electron chi connectivity index (χ4n) is 3.38. The lowest BCUT2D eigenvalue weighted by molar-refractivity contribution is -0.136. The number of carbonyl (C=O) groups excluding carboxylic acids is 1. The van der Waals surface area contributed by atoms with Gasteiger partial charge in [-0.2, -0.15) is 5.10 Å². The number of aromatic nitrogens is 2. The highest BCUT2D eigenvalue weighted by atomic mass is 35.5. The number of hydrogen-bond acceptors (Lipinski definition) is 3. The Morgan fingerprint density at radius 3 is 2.36 bits per heavy atom. The summed E-state index contributed by atoms with van der Waals surface area (Å²) < 4.78 is 1.83. The highest BCUT2D eigenvalue weighted by Gasteiger charge is 2.27. The Hall–Kier alpha value is -1.85. The van der Waals surface area contributed by atoms with Crippen molar-refractivity contribution in [2.75, 3.05) is 26.2 Å². The molecule has 0 N–H and O–H groups in total. The molecule has 0 aliphatic carbocycles. The lowest BCUT2D eigenvalue weighted by atomic mass is 10.2. The van der Waals surface area contributed by atoms with Crippen molar-refractivity contribution in [3.8, 4) is 0 Å². The summed E-state index contributed by atoms with van der Waals surface area (Å²) in [5, 5.41) is 5.21. The number of nitrogens with zero attached hydrogens (tertiary/aromatic N) is 4. The molecule has 1 amide bonds. The Morgan fingerprint density at radius 1 is 1.16 bits per heavy atom. The van der Waals surface area contributed by atoms with Crippen molar-refractivity contribution < 1.29 is 4.79 Å². The molecule has 0 bridgehead atoms. The van der Waals surface area contributed by atoms with Crippen LogP contribution in [0.1, 0.15) is 29.9 Å². The van der Waals surface area contributed by atoms with E-state index in [1.165, 1.54) is 5.56 Å². The zero-order valence-corrected chi connectivity index (χ0v) is 15.8. The second-order valence-corrected chi connectivity index (χ2v) is 7.21. The third kappa shape index (κ3) is 4.22. The molecule has 134 valence electrons. The average molecular weight is 361 g/mol. The molecule has 2 aromatic rings. The van der Waals surface area contributed by atoms with E-state index >= 15 is 0 Å². The fourth-order valence-corrected chi connectivity index (χ4v) is 3.51. The zero-order chi connectivity index (χ0) is 18.0. The maximum Gasteiger partial charge on any atom is 0.247 e. The SMILES string of the molecule is Cc1cc(C)n([C@H](C)C(=O)N2CCN(Cc3ccc(Cl)cc3)CC2)n1. The molecule has 3 rings (SSSR count). The van der Waals surface area contributed by atoms with Crippen molar-refractivity contribution in [1.82, 2.24) is 19.6 Å². The number of benzene rings is 1. The van der Waals surface area contributed by atoms with E-state index < -0.39 is 0 Å². The minimum absolute atomic E-state index is 0.150. The van der Waals surface area contributed by atoms with E-state index in [0.29, 0.717) is 0 Å². The van der Waals surface area contributed by atoms with Gasteiger partial charge in [0, 0.05) is 43.4 Å². The first-order chi connectivity index (χ1) is 11.9. The van der Waals surface area contributed by atoms with Gasteiger partial charge in [0.25, 0.3) is 0 Å². The van der Waals surface area contributed by atoms with Gasteiger partial charge in [0.15, 0.2) is 0 Å². The number of amides is 1. The summed E-state index contributed by atoms with van der Waals surface area (Å²) in [6.07, 6.45) is 0. The molecule has 1 aliphatic heterocycles. The number of piperazine rings is 1. The van der Waals surface area contributed by atoms with Gasteiger partial charge in [-0.3, -0.25) is 14.4 Å². The van der Waals surface area contributed by atoms with Crippen molar-refractivity contribution >= 4 is 17.5 Å². The number of rotatable bonds is 4. The van der Waals surface area contributed by atoms with Crippen LogP contribution in [0.2, 0.25) is 5.02 Å². The maximum absolute atomic E-state index is 12.8. The highest BCUT2D eigenvalue weighted by molar-refractivity contribution is 6.30. The van der Waals surface area contributed by atoms with Gasteiger partial charge in [-0.1, -0.05) is 23.7 Å². The van der Waals surface area contributed by atoms with Crippen LogP contribution in [0, 0.1) is 13.8 Å². The van der Waals surface area contributed by atoms with Gasteiger partial charge in [-0.25, -0.2) is 0 Å². The van der Waals surface area contributed by atoms with Crippen LogP contribution in [0.25, 0.3) is 0 Å². The molecule has 1 fully saturated rings. The van der Waals surface area contributed by atoms with Crippen molar-refractivity contribution in [3.63, 3.8) is 0 Å². The van der Waals surface area contributed by atoms with Crippen LogP contribution in [-0.4, -0.2) is 51.7 Å². The monoisotopic (exact) mass is 360 g/mol. The maximum atomic E-state index is 12.8. The van der Waals surface area contributed by atoms with Gasteiger partial charge in [0.1, 0.15) is 6.04 Å². The number of carbonyl (C=O) groups is 1. The summed E-state index contributed by atoms with van der Waals surface area (Å²) >= 11 is 5.94. The lowest BCUT2D eigenvalue weighted by Crippen LogP contribution is -2.50. The van der Waals surface area contributed by atoms with Crippen LogP contribution in [0.5, 0.6) is 0 Å². The smallest absolute Gasteiger partial charge is 0.247 e. The molecule has 1 aromatic heterocycles. The molecular formula is C19H25ClN4O. The van der Waals surface area contributed by atoms with E-state index in [9.17, 15) is 4.79 Å². The third-order valence-corrected chi connectivity index (χ3v) is 5.02. The lowest BCUT2D eigenvalue weighted by Gasteiger charge is -2.36. The van der Waals surface area contributed by atoms with Crippen LogP contribution in [0.3, 0.4) is 0 Å². The minimum Gasteiger partial charge on any atom is -0.338 e. The quantitative estimate of drug-likeness (QED) is 0.841. The molecule has 0 saturated carbocycles. The highest BCUT2D eigenvalue weighted by Crippen LogP contribution is 2.17. The molecule has 0 spiro atoms. The molecule has 0 unspecified atom stereocenters. The van der Waals surface area contributed by atoms with E-state index in [-0.39, 0.29) is 11.9 Å². The van der Waals surface area contributed by atoms with Crippen molar-refractivity contribution in [1.29, 1.82) is 0 Å². The van der Waals surface area contributed by atoms with Gasteiger partial charge < -0.3 is 4.90 Å². The van der Waals surface area contributed by atoms with Crippen molar-refractivity contribution in [2.45, 2.75) is 33.4 Å². The van der Waals surface area contributed by atoms with Crippen LogP contribution in [0.15, 0.2) is 30.3 Å². The summed E-state index contributed by atoms with van der Waals surface area (Å²) in [5.74, 6) is 0.150. The Bertz CT molecular complexity index is 732. The minimum atomic E-state index is -0.253. The predicted molar refractivity (Wildman–Crippen MR) is 99.7 cm³/mol. The predicted octanol–water partition coefficient (Wildman–Crippen LogP) is 3.06. The molecule has 6 heteroatoms. The van der Waals surface area contributed by atoms with Gasteiger partial charge >= 0.3 is 0 Å². The molecule has 1 aliphatic rings. The van der Waals surface area contributed by atoms with E-state index in [1.807, 2.05) is 48.6 Å². The van der Waals surface area contributed by atoms with Gasteiger partial charge in [-0.15, -0.1) is 0 Å². The number of aryl methyl sites for hydroxylation is 2. The summed E-state index contributed by atoms with van der Waals surface area (Å²) in [7, 11) is 0. The Balaban J connectivity index is 1.55. The van der Waals surface area contributed by atoms with Crippen molar-refractivity contribution in [2.24, 2.45) is 0 Å². The van der Waals surface area contributed by atoms with Crippen molar-refractivity contribution in [3.05, 3.63) is 52.3 Å². The molecular weight excluding hydrogens is 336 g/mol. The topological polar surface area (TPSA) is 41.4 Å². The Labute approximate surface area is 154 Å². The molecule has 1 aromatic carbocycles. The van der Waals surface area contributed by atoms with Crippen LogP contribution in [0.4, 0.5) is 0 Å². The Morgan fingerprint density at radius 2 is 1.80 bits per heavy atom. The molecule has 1 saturated heterocycles. The van der Waals surface area contributed by atoms with E-state index in [0.717, 1.165) is 49.1 Å². The van der Waals surface area contributed by atoms with Crippen LogP contribution >= 0.6 is 11.6 Å². The fraction of sp³-hybridized carbons (Fsp3) is 0.474. The van der Waals surface area contributed by atoms with Gasteiger partial charge in [-0.05, 0) is 44.5 Å². The summed E-state index contributed by atoms with van der Waals surface area (Å²) in [5.41, 5.74) is 3.23. The largest absolute Gasteiger partial charge is 0.338 e. The van der Waals surface area contributed by atoms with E-state index in [1.54, 1.807) is 0 Å². The zero-order valence-electron chi connectivity index (χ0n) is 15.1. The first kappa shape index (κ1) is 18.0. The summed E-state index contributed by atoms with van der Waals surface area (Å²) in [4.78, 5) is 17.1. The van der Waals surface area contributed by atoms with Gasteiger partial charge in [0.2, 0.25) is 5.91 Å². The molecule has 2 heterocycles. The third-order valence-electron chi connectivity index (χ3n) is 4.77. The average Bonchev–Trinajstić information content (AvgIpc) is 2.94. The standard InChI is InChI=1S/C19H25ClN4O/c1-14-12-15(2)24(21-14)16(3)19(25)23-10-8-22(9-11-23)13-17-4-6-18(20)7-5-17/h4-7,12,16H,8-11,13H2,1-3H3/t16-/m1/s1. The molecule has 0 radical (unpaired) electrons. The number of halogens is 1. The van der Waals surface area contributed by atoms with E-state index in [4.69, 9.17) is 11.6 Å². The second kappa shape index (κ2) is 7.58. The molecule has 1 atom stereocenters. The van der Waals surface area contributed by atoms with Crippen LogP contribution < -0.4 is 0 Å². The normalized spacial score (nSPS) is 16.9. The summed E-state index contributed by atoms with van der Waals surface area (Å²) in [6.45, 7) is 10.1. The summed E-state index contributed by atoms with van der Waals surface area (Å²) in [6, 6.07) is 9.72. The molecule has 25 heavy (non-hydrogen) atoms. The Kier molecular flexibility index (Phi) is 5.45.